The first-order chi connectivity index (χ1) is 10.7. The number of nitrogens with zero attached hydrogens (tertiary/aromatic N) is 1. The molecule has 2 rings (SSSR count). The van der Waals surface area contributed by atoms with E-state index in [9.17, 15) is 22.8 Å². The van der Waals surface area contributed by atoms with Gasteiger partial charge in [0.05, 0.1) is 5.56 Å². The lowest BCUT2D eigenvalue weighted by Gasteiger charge is -2.16. The fourth-order valence-corrected chi connectivity index (χ4v) is 2.50. The second-order valence-corrected chi connectivity index (χ2v) is 5.57. The molecule has 2 N–H and O–H groups in total. The Labute approximate surface area is 131 Å². The summed E-state index contributed by atoms with van der Waals surface area (Å²) in [5, 5.41) is 11.2. The number of carbonyl (C=O) groups is 2. The second-order valence-electron chi connectivity index (χ2n) is 5.57. The Kier molecular flexibility index (Phi) is 4.93. The van der Waals surface area contributed by atoms with Crippen LogP contribution in [-0.4, -0.2) is 41.5 Å². The van der Waals surface area contributed by atoms with Gasteiger partial charge in [-0.3, -0.25) is 9.59 Å². The number of aliphatic hydroxyl groups excluding tert-OH is 1. The maximum atomic E-state index is 12.8. The number of amides is 2. The SMILES string of the molecule is Cc1ccc(NC(=O)C(=O)N2CCC(CO)C2)cc1C(F)(F)F. The predicted octanol–water partition coefficient (Wildman–Crippen LogP) is 1.79. The van der Waals surface area contributed by atoms with Crippen molar-refractivity contribution in [1.29, 1.82) is 0 Å². The third kappa shape index (κ3) is 4.01. The number of carbonyl (C=O) groups excluding carboxylic acids is 2. The Bertz CT molecular complexity index is 616. The van der Waals surface area contributed by atoms with Crippen LogP contribution in [0.3, 0.4) is 0 Å². The normalized spacial score (nSPS) is 18.1. The van der Waals surface area contributed by atoms with Gasteiger partial charge < -0.3 is 15.3 Å². The number of hydrogen-bond donors (Lipinski definition) is 2. The summed E-state index contributed by atoms with van der Waals surface area (Å²) in [4.78, 5) is 25.2. The average Bonchev–Trinajstić information content (AvgIpc) is 2.96. The van der Waals surface area contributed by atoms with Gasteiger partial charge in [-0.05, 0) is 31.0 Å². The Morgan fingerprint density at radius 2 is 2.09 bits per heavy atom. The van der Waals surface area contributed by atoms with Gasteiger partial charge in [-0.25, -0.2) is 0 Å². The van der Waals surface area contributed by atoms with Crippen molar-refractivity contribution in [3.8, 4) is 0 Å². The van der Waals surface area contributed by atoms with E-state index in [0.29, 0.717) is 13.0 Å². The number of anilines is 1. The van der Waals surface area contributed by atoms with Crippen molar-refractivity contribution in [2.45, 2.75) is 19.5 Å². The summed E-state index contributed by atoms with van der Waals surface area (Å²) in [5.41, 5.74) is -0.907. The van der Waals surface area contributed by atoms with Crippen molar-refractivity contribution in [2.24, 2.45) is 5.92 Å². The predicted molar refractivity (Wildman–Crippen MR) is 76.6 cm³/mol. The monoisotopic (exact) mass is 330 g/mol. The smallest absolute Gasteiger partial charge is 0.396 e. The van der Waals surface area contributed by atoms with Gasteiger partial charge in [0.1, 0.15) is 0 Å². The Balaban J connectivity index is 2.07. The zero-order valence-electron chi connectivity index (χ0n) is 12.5. The number of aliphatic hydroxyl groups is 1. The first-order valence-corrected chi connectivity index (χ1v) is 7.11. The van der Waals surface area contributed by atoms with E-state index < -0.39 is 23.6 Å². The van der Waals surface area contributed by atoms with Crippen LogP contribution >= 0.6 is 0 Å². The minimum absolute atomic E-state index is 0.0344. The molecule has 8 heteroatoms. The van der Waals surface area contributed by atoms with Crippen LogP contribution in [0.15, 0.2) is 18.2 Å². The van der Waals surface area contributed by atoms with Crippen LogP contribution < -0.4 is 5.32 Å². The largest absolute Gasteiger partial charge is 0.416 e. The minimum atomic E-state index is -4.53. The van der Waals surface area contributed by atoms with E-state index in [1.165, 1.54) is 24.0 Å². The van der Waals surface area contributed by atoms with Crippen LogP contribution in [-0.2, 0) is 15.8 Å². The molecular formula is C15H17F3N2O3. The molecule has 1 saturated heterocycles. The molecular weight excluding hydrogens is 313 g/mol. The van der Waals surface area contributed by atoms with Crippen LogP contribution in [0.25, 0.3) is 0 Å². The average molecular weight is 330 g/mol. The number of likely N-dealkylation sites (tertiary alicyclic amines) is 1. The Hall–Kier alpha value is -2.09. The molecule has 5 nitrogen and oxygen atoms in total. The molecule has 126 valence electrons. The molecule has 0 aliphatic carbocycles. The van der Waals surface area contributed by atoms with Crippen LogP contribution in [0.5, 0.6) is 0 Å². The molecule has 1 atom stereocenters. The molecule has 1 heterocycles. The van der Waals surface area contributed by atoms with Crippen molar-refractivity contribution in [2.75, 3.05) is 25.0 Å². The highest BCUT2D eigenvalue weighted by Gasteiger charge is 2.33. The molecule has 2 amide bonds. The first kappa shape index (κ1) is 17.3. The topological polar surface area (TPSA) is 69.6 Å². The van der Waals surface area contributed by atoms with Gasteiger partial charge in [0.25, 0.3) is 0 Å². The van der Waals surface area contributed by atoms with Crippen molar-refractivity contribution in [3.05, 3.63) is 29.3 Å². The highest BCUT2D eigenvalue weighted by molar-refractivity contribution is 6.39. The molecule has 1 aliphatic heterocycles. The maximum absolute atomic E-state index is 12.8. The van der Waals surface area contributed by atoms with Crippen LogP contribution in [0.2, 0.25) is 0 Å². The lowest BCUT2D eigenvalue weighted by molar-refractivity contribution is -0.142. The van der Waals surface area contributed by atoms with Crippen molar-refractivity contribution in [1.82, 2.24) is 4.90 Å². The highest BCUT2D eigenvalue weighted by Crippen LogP contribution is 2.33. The highest BCUT2D eigenvalue weighted by atomic mass is 19.4. The van der Waals surface area contributed by atoms with Crippen LogP contribution in [0.4, 0.5) is 18.9 Å². The zero-order chi connectivity index (χ0) is 17.2. The fraction of sp³-hybridized carbons (Fsp3) is 0.467. The molecule has 0 spiro atoms. The molecule has 1 aromatic carbocycles. The first-order valence-electron chi connectivity index (χ1n) is 7.11. The number of halogens is 3. The molecule has 0 bridgehead atoms. The number of hydrogen-bond acceptors (Lipinski definition) is 3. The van der Waals surface area contributed by atoms with E-state index in [1.54, 1.807) is 0 Å². The lowest BCUT2D eigenvalue weighted by Crippen LogP contribution is -2.38. The second kappa shape index (κ2) is 6.57. The van der Waals surface area contributed by atoms with Gasteiger partial charge in [0.15, 0.2) is 0 Å². The number of aryl methyl sites for hydroxylation is 1. The molecule has 0 radical (unpaired) electrons. The van der Waals surface area contributed by atoms with Gasteiger partial charge in [-0.1, -0.05) is 6.07 Å². The van der Waals surface area contributed by atoms with Gasteiger partial charge in [-0.15, -0.1) is 0 Å². The molecule has 1 aromatic rings. The third-order valence-electron chi connectivity index (χ3n) is 3.83. The summed E-state index contributed by atoms with van der Waals surface area (Å²) in [5.74, 6) is -1.86. The van der Waals surface area contributed by atoms with Crippen molar-refractivity contribution >= 4 is 17.5 Å². The summed E-state index contributed by atoms with van der Waals surface area (Å²) in [7, 11) is 0. The van der Waals surface area contributed by atoms with Crippen LogP contribution in [0.1, 0.15) is 17.5 Å². The number of rotatable bonds is 2. The van der Waals surface area contributed by atoms with Crippen molar-refractivity contribution in [3.63, 3.8) is 0 Å². The molecule has 0 aromatic heterocycles. The maximum Gasteiger partial charge on any atom is 0.416 e. The minimum Gasteiger partial charge on any atom is -0.396 e. The number of nitrogens with one attached hydrogen (secondary N) is 1. The molecule has 0 saturated carbocycles. The molecule has 23 heavy (non-hydrogen) atoms. The number of benzene rings is 1. The molecule has 1 aliphatic rings. The van der Waals surface area contributed by atoms with E-state index in [0.717, 1.165) is 6.07 Å². The summed E-state index contributed by atoms with van der Waals surface area (Å²) in [6.07, 6.45) is -3.93. The standard InChI is InChI=1S/C15H17F3N2O3/c1-9-2-3-11(6-12(9)15(16,17)18)19-13(22)14(23)20-5-4-10(7-20)8-21/h2-3,6,10,21H,4-5,7-8H2,1H3,(H,19,22). The number of alkyl halides is 3. The quantitative estimate of drug-likeness (QED) is 0.813. The van der Waals surface area contributed by atoms with Gasteiger partial charge in [0.2, 0.25) is 0 Å². The summed E-state index contributed by atoms with van der Waals surface area (Å²) >= 11 is 0. The van der Waals surface area contributed by atoms with E-state index in [-0.39, 0.29) is 30.3 Å². The summed E-state index contributed by atoms with van der Waals surface area (Å²) in [6, 6.07) is 3.36. The molecule has 1 unspecified atom stereocenters. The third-order valence-corrected chi connectivity index (χ3v) is 3.83. The van der Waals surface area contributed by atoms with Gasteiger partial charge in [0, 0.05) is 31.3 Å². The van der Waals surface area contributed by atoms with Crippen molar-refractivity contribution < 1.29 is 27.9 Å². The van der Waals surface area contributed by atoms with E-state index in [1.807, 2.05) is 0 Å². The Morgan fingerprint density at radius 1 is 1.39 bits per heavy atom. The fourth-order valence-electron chi connectivity index (χ4n) is 2.50. The Morgan fingerprint density at radius 3 is 2.65 bits per heavy atom. The van der Waals surface area contributed by atoms with Crippen LogP contribution in [0, 0.1) is 12.8 Å². The zero-order valence-corrected chi connectivity index (χ0v) is 12.5. The lowest BCUT2D eigenvalue weighted by atomic mass is 10.1. The molecule has 1 fully saturated rings. The van der Waals surface area contributed by atoms with E-state index in [4.69, 9.17) is 5.11 Å². The summed E-state index contributed by atoms with van der Waals surface area (Å²) < 4.78 is 38.5. The van der Waals surface area contributed by atoms with E-state index in [2.05, 4.69) is 5.32 Å². The van der Waals surface area contributed by atoms with E-state index >= 15 is 0 Å². The van der Waals surface area contributed by atoms with Gasteiger partial charge in [-0.2, -0.15) is 13.2 Å². The van der Waals surface area contributed by atoms with Gasteiger partial charge >= 0.3 is 18.0 Å². The summed E-state index contributed by atoms with van der Waals surface area (Å²) in [6.45, 7) is 1.86.